The van der Waals surface area contributed by atoms with Crippen LogP contribution in [-0.2, 0) is 0 Å². The van der Waals surface area contributed by atoms with Gasteiger partial charge in [-0.3, -0.25) is 0 Å². The molecule has 0 unspecified atom stereocenters. The van der Waals surface area contributed by atoms with Gasteiger partial charge in [-0.1, -0.05) is 42.3 Å². The summed E-state index contributed by atoms with van der Waals surface area (Å²) in [6.07, 6.45) is 8.90. The Bertz CT molecular complexity index is 185. The second-order valence-electron chi connectivity index (χ2n) is 2.40. The van der Waals surface area contributed by atoms with E-state index in [-0.39, 0.29) is 0 Å². The summed E-state index contributed by atoms with van der Waals surface area (Å²) in [4.78, 5) is 0. The Kier molecular flexibility index (Phi) is 5.96. The van der Waals surface area contributed by atoms with Crippen molar-refractivity contribution in [2.75, 3.05) is 0 Å². The summed E-state index contributed by atoms with van der Waals surface area (Å²) in [7, 11) is 0. The lowest BCUT2D eigenvalue weighted by Crippen LogP contribution is -1.67. The van der Waals surface area contributed by atoms with Gasteiger partial charge in [0.2, 0.25) is 0 Å². The average molecular weight is 171 g/mol. The van der Waals surface area contributed by atoms with Gasteiger partial charge in [-0.15, -0.1) is 0 Å². The quantitative estimate of drug-likeness (QED) is 0.561. The van der Waals surface area contributed by atoms with Crippen LogP contribution in [0.25, 0.3) is 0 Å². The van der Waals surface area contributed by atoms with E-state index in [1.807, 2.05) is 25.2 Å². The predicted molar refractivity (Wildman–Crippen MR) is 52.8 cm³/mol. The van der Waals surface area contributed by atoms with Crippen LogP contribution in [0.5, 0.6) is 0 Å². The molecule has 0 radical (unpaired) electrons. The first-order valence-corrected chi connectivity index (χ1v) is 4.24. The molecule has 0 N–H and O–H groups in total. The topological polar surface area (TPSA) is 0 Å². The fourth-order valence-electron chi connectivity index (χ4n) is 0.518. The number of hydrogen-bond acceptors (Lipinski definition) is 0. The van der Waals surface area contributed by atoms with E-state index in [0.717, 1.165) is 11.5 Å². The van der Waals surface area contributed by atoms with E-state index in [2.05, 4.69) is 19.9 Å². The van der Waals surface area contributed by atoms with Crippen molar-refractivity contribution < 1.29 is 0 Å². The fourth-order valence-corrected chi connectivity index (χ4v) is 0.591. The molecule has 0 fully saturated rings. The maximum absolute atomic E-state index is 5.74. The molecule has 0 saturated carbocycles. The zero-order chi connectivity index (χ0) is 8.69. The van der Waals surface area contributed by atoms with Crippen LogP contribution in [0, 0.1) is 0 Å². The van der Waals surface area contributed by atoms with E-state index in [1.54, 1.807) is 0 Å². The van der Waals surface area contributed by atoms with Gasteiger partial charge in [0.1, 0.15) is 0 Å². The molecule has 0 spiro atoms. The molecule has 62 valence electrons. The molecule has 11 heavy (non-hydrogen) atoms. The molecule has 1 heteroatoms. The highest BCUT2D eigenvalue weighted by atomic mass is 35.5. The third-order valence-corrected chi connectivity index (χ3v) is 1.81. The van der Waals surface area contributed by atoms with E-state index in [4.69, 9.17) is 11.6 Å². The number of hydrogen-bond donors (Lipinski definition) is 0. The molecule has 0 atom stereocenters. The van der Waals surface area contributed by atoms with E-state index in [9.17, 15) is 0 Å². The highest BCUT2D eigenvalue weighted by Gasteiger charge is 1.80. The van der Waals surface area contributed by atoms with Crippen molar-refractivity contribution in [3.63, 3.8) is 0 Å². The normalized spacial score (nSPS) is 14.5. The zero-order valence-electron chi connectivity index (χ0n) is 7.39. The second-order valence-corrected chi connectivity index (χ2v) is 2.84. The largest absolute Gasteiger partial charge is 0.0847 e. The van der Waals surface area contributed by atoms with Crippen LogP contribution < -0.4 is 0 Å². The highest BCUT2D eigenvalue weighted by molar-refractivity contribution is 6.31. The van der Waals surface area contributed by atoms with E-state index in [0.29, 0.717) is 0 Å². The van der Waals surface area contributed by atoms with Gasteiger partial charge in [-0.2, -0.15) is 0 Å². The van der Waals surface area contributed by atoms with Crippen molar-refractivity contribution in [3.8, 4) is 0 Å². The molecule has 0 saturated heterocycles. The van der Waals surface area contributed by atoms with E-state index >= 15 is 0 Å². The molecule has 0 bridgehead atoms. The van der Waals surface area contributed by atoms with Crippen LogP contribution in [0.15, 0.2) is 34.9 Å². The molecule has 0 heterocycles. The molecular weight excluding hydrogens is 156 g/mol. The number of allylic oxidation sites excluding steroid dienone is 6. The number of rotatable bonds is 3. The molecular formula is C10H15Cl. The standard InChI is InChI=1S/C10H15Cl/c1-4-9(3)7-6-8-10(11)5-2/h5-8H,4H2,1-3H3/b8-6-,9-7+,10-5+. The first kappa shape index (κ1) is 10.5. The van der Waals surface area contributed by atoms with Crippen molar-refractivity contribution in [2.24, 2.45) is 0 Å². The Hall–Kier alpha value is -0.490. The van der Waals surface area contributed by atoms with Crippen LogP contribution in [0.1, 0.15) is 27.2 Å². The lowest BCUT2D eigenvalue weighted by molar-refractivity contribution is 1.10. The minimum Gasteiger partial charge on any atom is -0.0847 e. The molecule has 0 aromatic heterocycles. The summed E-state index contributed by atoms with van der Waals surface area (Å²) in [5.41, 5.74) is 1.36. The summed E-state index contributed by atoms with van der Waals surface area (Å²) in [6, 6.07) is 0. The van der Waals surface area contributed by atoms with Gasteiger partial charge in [0, 0.05) is 5.03 Å². The Morgan fingerprint density at radius 2 is 2.09 bits per heavy atom. The zero-order valence-corrected chi connectivity index (χ0v) is 8.15. The SMILES string of the molecule is C\C=C(Cl)/C=C\C=C(/C)CC. The Labute approximate surface area is 74.3 Å². The Morgan fingerprint density at radius 3 is 2.55 bits per heavy atom. The van der Waals surface area contributed by atoms with Gasteiger partial charge in [-0.05, 0) is 26.3 Å². The molecule has 0 aliphatic carbocycles. The first-order valence-electron chi connectivity index (χ1n) is 3.86. The van der Waals surface area contributed by atoms with Crippen LogP contribution in [0.2, 0.25) is 0 Å². The van der Waals surface area contributed by atoms with Gasteiger partial charge in [0.05, 0.1) is 0 Å². The molecule has 0 aromatic rings. The van der Waals surface area contributed by atoms with Crippen molar-refractivity contribution in [1.82, 2.24) is 0 Å². The summed E-state index contributed by atoms with van der Waals surface area (Å²) >= 11 is 5.74. The molecule has 0 nitrogen and oxygen atoms in total. The molecule has 0 aliphatic heterocycles. The third-order valence-electron chi connectivity index (χ3n) is 1.47. The maximum atomic E-state index is 5.74. The van der Waals surface area contributed by atoms with Crippen LogP contribution in [0.4, 0.5) is 0 Å². The van der Waals surface area contributed by atoms with Gasteiger partial charge in [-0.25, -0.2) is 0 Å². The lowest BCUT2D eigenvalue weighted by Gasteiger charge is -1.88. The smallest absolute Gasteiger partial charge is 0.0363 e. The average Bonchev–Trinajstić information content (AvgIpc) is 2.04. The number of halogens is 1. The summed E-state index contributed by atoms with van der Waals surface area (Å²) in [5, 5.41) is 0.783. The van der Waals surface area contributed by atoms with Gasteiger partial charge < -0.3 is 0 Å². The minimum atomic E-state index is 0.783. The minimum absolute atomic E-state index is 0.783. The fraction of sp³-hybridized carbons (Fsp3) is 0.400. The first-order chi connectivity index (χ1) is 5.20. The van der Waals surface area contributed by atoms with Crippen molar-refractivity contribution >= 4 is 11.6 Å². The van der Waals surface area contributed by atoms with Gasteiger partial charge >= 0.3 is 0 Å². The molecule has 0 aliphatic rings. The Morgan fingerprint density at radius 1 is 1.45 bits per heavy atom. The molecule has 0 amide bonds. The summed E-state index contributed by atoms with van der Waals surface area (Å²) in [6.45, 7) is 6.16. The second kappa shape index (κ2) is 6.23. The molecule has 0 aromatic carbocycles. The van der Waals surface area contributed by atoms with Crippen molar-refractivity contribution in [3.05, 3.63) is 34.9 Å². The molecule has 0 rings (SSSR count). The summed E-state index contributed by atoms with van der Waals surface area (Å²) in [5.74, 6) is 0. The van der Waals surface area contributed by atoms with E-state index < -0.39 is 0 Å². The van der Waals surface area contributed by atoms with Crippen LogP contribution >= 0.6 is 11.6 Å². The monoisotopic (exact) mass is 170 g/mol. The van der Waals surface area contributed by atoms with Gasteiger partial charge in [0.25, 0.3) is 0 Å². The maximum Gasteiger partial charge on any atom is 0.0363 e. The lowest BCUT2D eigenvalue weighted by atomic mass is 10.2. The highest BCUT2D eigenvalue weighted by Crippen LogP contribution is 2.03. The summed E-state index contributed by atoms with van der Waals surface area (Å²) < 4.78 is 0. The Balaban J connectivity index is 3.96. The van der Waals surface area contributed by atoms with Crippen LogP contribution in [0.3, 0.4) is 0 Å². The van der Waals surface area contributed by atoms with E-state index in [1.165, 1.54) is 5.57 Å². The third kappa shape index (κ3) is 5.93. The van der Waals surface area contributed by atoms with Crippen molar-refractivity contribution in [2.45, 2.75) is 27.2 Å². The van der Waals surface area contributed by atoms with Gasteiger partial charge in [0.15, 0.2) is 0 Å². The van der Waals surface area contributed by atoms with Crippen LogP contribution in [-0.4, -0.2) is 0 Å². The van der Waals surface area contributed by atoms with Crippen molar-refractivity contribution in [1.29, 1.82) is 0 Å². The predicted octanol–water partition coefficient (Wildman–Crippen LogP) is 4.04.